The lowest BCUT2D eigenvalue weighted by Crippen LogP contribution is -1.85. The molecule has 0 nitrogen and oxygen atoms in total. The first-order valence-corrected chi connectivity index (χ1v) is 12.5. The summed E-state index contributed by atoms with van der Waals surface area (Å²) < 4.78 is 0. The number of benzene rings is 3. The van der Waals surface area contributed by atoms with Crippen molar-refractivity contribution in [3.63, 3.8) is 0 Å². The maximum absolute atomic E-state index is 2.16. The highest BCUT2D eigenvalue weighted by molar-refractivity contribution is 5.25. The molecule has 0 atom stereocenters. The van der Waals surface area contributed by atoms with Gasteiger partial charge in [-0.3, -0.25) is 0 Å². The highest BCUT2D eigenvalue weighted by atomic mass is 14.0. The second-order valence-corrected chi connectivity index (χ2v) is 4.30. The lowest BCUT2D eigenvalue weighted by Gasteiger charge is -2.00. The van der Waals surface area contributed by atoms with Gasteiger partial charge in [0, 0.05) is 0 Å². The predicted molar refractivity (Wildman–Crippen MR) is 150 cm³/mol. The minimum atomic E-state index is 1.03. The predicted octanol–water partition coefficient (Wildman–Crippen LogP) is 11.1. The fourth-order valence-electron chi connectivity index (χ4n) is 1.81. The van der Waals surface area contributed by atoms with E-state index in [-0.39, 0.29) is 0 Å². The van der Waals surface area contributed by atoms with Gasteiger partial charge in [-0.2, -0.15) is 0 Å². The van der Waals surface area contributed by atoms with Crippen LogP contribution in [0.2, 0.25) is 0 Å². The van der Waals surface area contributed by atoms with E-state index in [9.17, 15) is 0 Å². The van der Waals surface area contributed by atoms with Gasteiger partial charge in [-0.15, -0.1) is 0 Å². The molecule has 0 heteroatoms. The Balaban J connectivity index is -0.000000106. The molecule has 0 spiro atoms. The minimum Gasteiger partial charge on any atom is -0.0683 e. The summed E-state index contributed by atoms with van der Waals surface area (Å²) in [5, 5.41) is 0. The van der Waals surface area contributed by atoms with Crippen molar-refractivity contribution in [3.05, 3.63) is 108 Å². The second-order valence-electron chi connectivity index (χ2n) is 4.30. The van der Waals surface area contributed by atoms with Gasteiger partial charge in [-0.25, -0.2) is 0 Å². The third kappa shape index (κ3) is 32.5. The molecule has 0 heterocycles. The molecule has 0 aliphatic carbocycles. The monoisotopic (exact) mass is 426 g/mol. The van der Waals surface area contributed by atoms with E-state index in [4.69, 9.17) is 0 Å². The Bertz CT molecular complexity index is 477. The van der Waals surface area contributed by atoms with Crippen molar-refractivity contribution in [2.75, 3.05) is 0 Å². The SMILES string of the molecule is CC.CC.CC.CC.CC.CC.c1ccc(Cc2ccccc2)cc1.c1ccccc1. The van der Waals surface area contributed by atoms with Gasteiger partial charge in [0.15, 0.2) is 0 Å². The first kappa shape index (κ1) is 39.2. The van der Waals surface area contributed by atoms with Crippen LogP contribution in [0.25, 0.3) is 0 Å². The molecule has 0 unspecified atom stereocenters. The molecule has 0 saturated heterocycles. The number of rotatable bonds is 2. The van der Waals surface area contributed by atoms with E-state index >= 15 is 0 Å². The third-order valence-electron chi connectivity index (χ3n) is 2.76. The Morgan fingerprint density at radius 2 is 0.452 bits per heavy atom. The molecule has 3 aromatic carbocycles. The zero-order valence-corrected chi connectivity index (χ0v) is 22.9. The summed E-state index contributed by atoms with van der Waals surface area (Å²) in [6.45, 7) is 24.0. The molecule has 0 saturated carbocycles. The van der Waals surface area contributed by atoms with Gasteiger partial charge in [-0.1, -0.05) is 180 Å². The smallest absolute Gasteiger partial charge is 0.00258 e. The van der Waals surface area contributed by atoms with Crippen LogP contribution in [0.1, 0.15) is 94.2 Å². The summed E-state index contributed by atoms with van der Waals surface area (Å²) in [4.78, 5) is 0. The van der Waals surface area contributed by atoms with Crippen LogP contribution in [0.5, 0.6) is 0 Å². The molecule has 0 radical (unpaired) electrons. The summed E-state index contributed by atoms with van der Waals surface area (Å²) in [5.74, 6) is 0. The molecule has 3 rings (SSSR count). The van der Waals surface area contributed by atoms with E-state index in [2.05, 4.69) is 60.7 Å². The van der Waals surface area contributed by atoms with Gasteiger partial charge >= 0.3 is 0 Å². The average Bonchev–Trinajstić information content (AvgIpc) is 2.94. The Morgan fingerprint density at radius 1 is 0.290 bits per heavy atom. The fourth-order valence-corrected chi connectivity index (χ4v) is 1.81. The molecule has 0 amide bonds. The van der Waals surface area contributed by atoms with E-state index in [0.29, 0.717) is 0 Å². The standard InChI is InChI=1S/C13H12.C6H6.6C2H6/c1-3-7-12(8-4-1)11-13-9-5-2-6-10-13;1-2-4-6-5-3-1;6*1-2/h1-10H,11H2;1-6H;6*1-2H3. The van der Waals surface area contributed by atoms with Crippen molar-refractivity contribution in [3.8, 4) is 0 Å². The van der Waals surface area contributed by atoms with E-state index in [1.165, 1.54) is 11.1 Å². The number of hydrogen-bond acceptors (Lipinski definition) is 0. The third-order valence-corrected chi connectivity index (χ3v) is 2.76. The lowest BCUT2D eigenvalue weighted by molar-refractivity contribution is 1.19. The summed E-state index contributed by atoms with van der Waals surface area (Å²) >= 11 is 0. The Kier molecular flexibility index (Phi) is 58.2. The van der Waals surface area contributed by atoms with Crippen LogP contribution >= 0.6 is 0 Å². The van der Waals surface area contributed by atoms with Crippen molar-refractivity contribution in [2.45, 2.75) is 89.5 Å². The topological polar surface area (TPSA) is 0 Å². The fraction of sp³-hybridized carbons (Fsp3) is 0.419. The summed E-state index contributed by atoms with van der Waals surface area (Å²) in [6.07, 6.45) is 1.03. The molecule has 0 aliphatic heterocycles. The Hall–Kier alpha value is -2.34. The zero-order chi connectivity index (χ0) is 25.2. The quantitative estimate of drug-likeness (QED) is 0.382. The Labute approximate surface area is 197 Å². The van der Waals surface area contributed by atoms with Crippen LogP contribution in [0, 0.1) is 0 Å². The van der Waals surface area contributed by atoms with Crippen LogP contribution < -0.4 is 0 Å². The average molecular weight is 427 g/mol. The molecule has 31 heavy (non-hydrogen) atoms. The van der Waals surface area contributed by atoms with Crippen molar-refractivity contribution in [2.24, 2.45) is 0 Å². The van der Waals surface area contributed by atoms with E-state index in [1.54, 1.807) is 0 Å². The van der Waals surface area contributed by atoms with E-state index < -0.39 is 0 Å². The second kappa shape index (κ2) is 46.1. The van der Waals surface area contributed by atoms with Gasteiger partial charge in [-0.05, 0) is 17.5 Å². The molecule has 0 aromatic heterocycles. The first-order chi connectivity index (χ1) is 15.4. The van der Waals surface area contributed by atoms with Crippen LogP contribution in [0.4, 0.5) is 0 Å². The van der Waals surface area contributed by atoms with Gasteiger partial charge < -0.3 is 0 Å². The first-order valence-electron chi connectivity index (χ1n) is 12.5. The molecule has 178 valence electrons. The molecule has 3 aromatic rings. The normalized spacial score (nSPS) is 6.84. The van der Waals surface area contributed by atoms with Gasteiger partial charge in [0.25, 0.3) is 0 Å². The van der Waals surface area contributed by atoms with Gasteiger partial charge in [0.2, 0.25) is 0 Å². The highest BCUT2D eigenvalue weighted by Gasteiger charge is 1.92. The molecular formula is C31H54. The van der Waals surface area contributed by atoms with Gasteiger partial charge in [0.1, 0.15) is 0 Å². The molecule has 0 fully saturated rings. The Morgan fingerprint density at radius 3 is 0.645 bits per heavy atom. The molecular weight excluding hydrogens is 372 g/mol. The van der Waals surface area contributed by atoms with E-state index in [1.807, 2.05) is 119 Å². The van der Waals surface area contributed by atoms with Gasteiger partial charge in [0.05, 0.1) is 0 Å². The highest BCUT2D eigenvalue weighted by Crippen LogP contribution is 2.07. The molecule has 0 bridgehead atoms. The van der Waals surface area contributed by atoms with Crippen LogP contribution in [-0.4, -0.2) is 0 Å². The summed E-state index contributed by atoms with van der Waals surface area (Å²) in [6, 6.07) is 33.1. The van der Waals surface area contributed by atoms with E-state index in [0.717, 1.165) is 6.42 Å². The maximum Gasteiger partial charge on any atom is -0.00258 e. The number of hydrogen-bond donors (Lipinski definition) is 0. The van der Waals surface area contributed by atoms with Crippen molar-refractivity contribution in [1.29, 1.82) is 0 Å². The summed E-state index contributed by atoms with van der Waals surface area (Å²) in [7, 11) is 0. The zero-order valence-electron chi connectivity index (χ0n) is 22.9. The van der Waals surface area contributed by atoms with Crippen LogP contribution in [0.15, 0.2) is 97.1 Å². The maximum atomic E-state index is 2.16. The van der Waals surface area contributed by atoms with Crippen LogP contribution in [0.3, 0.4) is 0 Å². The molecule has 0 N–H and O–H groups in total. The summed E-state index contributed by atoms with van der Waals surface area (Å²) in [5.41, 5.74) is 2.74. The van der Waals surface area contributed by atoms with Crippen molar-refractivity contribution >= 4 is 0 Å². The van der Waals surface area contributed by atoms with Crippen molar-refractivity contribution < 1.29 is 0 Å². The minimum absolute atomic E-state index is 1.03. The van der Waals surface area contributed by atoms with Crippen LogP contribution in [-0.2, 0) is 6.42 Å². The van der Waals surface area contributed by atoms with Crippen molar-refractivity contribution in [1.82, 2.24) is 0 Å². The molecule has 0 aliphatic rings. The largest absolute Gasteiger partial charge is 0.0683 e. The lowest BCUT2D eigenvalue weighted by atomic mass is 10.1.